The second-order valence-corrected chi connectivity index (χ2v) is 7.76. The molecule has 1 aliphatic heterocycles. The molecule has 2 heterocycles. The van der Waals surface area contributed by atoms with E-state index in [2.05, 4.69) is 52.7 Å². The zero-order valence-electron chi connectivity index (χ0n) is 12.9. The molecule has 0 spiro atoms. The van der Waals surface area contributed by atoms with Crippen LogP contribution in [0.3, 0.4) is 0 Å². The predicted molar refractivity (Wildman–Crippen MR) is 87.2 cm³/mol. The molecule has 1 aliphatic rings. The summed E-state index contributed by atoms with van der Waals surface area (Å²) in [5.74, 6) is 2.08. The van der Waals surface area contributed by atoms with Crippen molar-refractivity contribution in [1.82, 2.24) is 14.9 Å². The lowest BCUT2D eigenvalue weighted by molar-refractivity contribution is 0.273. The smallest absolute Gasteiger partial charge is 0.144 e. The largest absolute Gasteiger partial charge is 0.369 e. The van der Waals surface area contributed by atoms with Crippen LogP contribution in [0.1, 0.15) is 39.3 Å². The van der Waals surface area contributed by atoms with Gasteiger partial charge in [0.15, 0.2) is 0 Å². The Hall–Kier alpha value is -0.810. The first kappa shape index (κ1) is 15.6. The highest BCUT2D eigenvalue weighted by Gasteiger charge is 2.23. The van der Waals surface area contributed by atoms with E-state index in [1.165, 1.54) is 12.2 Å². The van der Waals surface area contributed by atoms with Gasteiger partial charge < -0.3 is 5.32 Å². The van der Waals surface area contributed by atoms with Gasteiger partial charge in [-0.2, -0.15) is 11.8 Å². The average molecular weight is 294 g/mol. The monoisotopic (exact) mass is 294 g/mol. The number of nitrogens with one attached hydrogen (secondary N) is 1. The summed E-state index contributed by atoms with van der Waals surface area (Å²) in [6.45, 7) is 11.0. The topological polar surface area (TPSA) is 41.1 Å². The molecule has 0 aromatic carbocycles. The molecule has 0 unspecified atom stereocenters. The fraction of sp³-hybridized carbons (Fsp3) is 0.733. The molecular formula is C15H26N4S. The molecular weight excluding hydrogens is 268 g/mol. The Morgan fingerprint density at radius 1 is 1.30 bits per heavy atom. The van der Waals surface area contributed by atoms with Crippen LogP contribution < -0.4 is 5.32 Å². The van der Waals surface area contributed by atoms with Gasteiger partial charge in [-0.15, -0.1) is 0 Å². The standard InChI is InChI=1S/C15H26N4S/c1-4-6-16-14-11-17-13(10-18-14)12-19-7-5-15(2,3)20-9-8-19/h10-11H,4-9,12H2,1-3H3,(H,16,18). The van der Waals surface area contributed by atoms with E-state index >= 15 is 0 Å². The summed E-state index contributed by atoms with van der Waals surface area (Å²) in [4.78, 5) is 11.4. The molecule has 1 aromatic rings. The molecule has 0 amide bonds. The van der Waals surface area contributed by atoms with E-state index in [1.54, 1.807) is 0 Å². The SMILES string of the molecule is CCCNc1cnc(CN2CCSC(C)(C)CC2)cn1. The molecule has 5 heteroatoms. The third-order valence-electron chi connectivity index (χ3n) is 3.58. The third kappa shape index (κ3) is 4.94. The van der Waals surface area contributed by atoms with E-state index in [-0.39, 0.29) is 0 Å². The van der Waals surface area contributed by atoms with E-state index in [4.69, 9.17) is 0 Å². The second kappa shape index (κ2) is 7.27. The van der Waals surface area contributed by atoms with Crippen LogP contribution in [0.15, 0.2) is 12.4 Å². The van der Waals surface area contributed by atoms with E-state index in [0.717, 1.165) is 44.1 Å². The van der Waals surface area contributed by atoms with Gasteiger partial charge in [-0.05, 0) is 19.4 Å². The molecule has 0 bridgehead atoms. The van der Waals surface area contributed by atoms with Gasteiger partial charge in [0, 0.05) is 30.1 Å². The summed E-state index contributed by atoms with van der Waals surface area (Å²) in [6, 6.07) is 0. The lowest BCUT2D eigenvalue weighted by Gasteiger charge is -2.22. The Morgan fingerprint density at radius 2 is 2.15 bits per heavy atom. The summed E-state index contributed by atoms with van der Waals surface area (Å²) < 4.78 is 0.411. The van der Waals surface area contributed by atoms with E-state index in [1.807, 2.05) is 12.4 Å². The zero-order valence-corrected chi connectivity index (χ0v) is 13.7. The van der Waals surface area contributed by atoms with Crippen LogP contribution in [0.2, 0.25) is 0 Å². The Bertz CT molecular complexity index is 405. The van der Waals surface area contributed by atoms with Crippen LogP contribution in [0.4, 0.5) is 5.82 Å². The second-order valence-electron chi connectivity index (χ2n) is 5.95. The zero-order chi connectivity index (χ0) is 14.4. The number of rotatable bonds is 5. The van der Waals surface area contributed by atoms with Crippen molar-refractivity contribution in [3.63, 3.8) is 0 Å². The molecule has 0 aliphatic carbocycles. The maximum absolute atomic E-state index is 4.52. The molecule has 1 saturated heterocycles. The van der Waals surface area contributed by atoms with Crippen molar-refractivity contribution >= 4 is 17.6 Å². The van der Waals surface area contributed by atoms with Crippen molar-refractivity contribution in [3.05, 3.63) is 18.1 Å². The van der Waals surface area contributed by atoms with Crippen molar-refractivity contribution in [1.29, 1.82) is 0 Å². The summed E-state index contributed by atoms with van der Waals surface area (Å²) in [7, 11) is 0. The first-order chi connectivity index (χ1) is 9.59. The number of nitrogens with zero attached hydrogens (tertiary/aromatic N) is 3. The van der Waals surface area contributed by atoms with Gasteiger partial charge in [0.25, 0.3) is 0 Å². The van der Waals surface area contributed by atoms with Crippen LogP contribution in [-0.4, -0.2) is 45.0 Å². The molecule has 20 heavy (non-hydrogen) atoms. The van der Waals surface area contributed by atoms with Crippen molar-refractivity contribution in [2.75, 3.05) is 30.7 Å². The highest BCUT2D eigenvalue weighted by molar-refractivity contribution is 8.00. The maximum Gasteiger partial charge on any atom is 0.144 e. The highest BCUT2D eigenvalue weighted by Crippen LogP contribution is 2.30. The lowest BCUT2D eigenvalue weighted by Crippen LogP contribution is -2.27. The Balaban J connectivity index is 1.86. The van der Waals surface area contributed by atoms with Crippen LogP contribution >= 0.6 is 11.8 Å². The molecule has 4 nitrogen and oxygen atoms in total. The summed E-state index contributed by atoms with van der Waals surface area (Å²) in [6.07, 6.45) is 6.09. The quantitative estimate of drug-likeness (QED) is 0.904. The van der Waals surface area contributed by atoms with Gasteiger partial charge in [-0.25, -0.2) is 4.98 Å². The predicted octanol–water partition coefficient (Wildman–Crippen LogP) is 3.02. The minimum absolute atomic E-state index is 0.411. The average Bonchev–Trinajstić information content (AvgIpc) is 2.59. The third-order valence-corrected chi connectivity index (χ3v) is 4.95. The number of aromatic nitrogens is 2. The fourth-order valence-electron chi connectivity index (χ4n) is 2.23. The summed E-state index contributed by atoms with van der Waals surface area (Å²) >= 11 is 2.08. The van der Waals surface area contributed by atoms with Gasteiger partial charge >= 0.3 is 0 Å². The van der Waals surface area contributed by atoms with Crippen LogP contribution in [0.5, 0.6) is 0 Å². The van der Waals surface area contributed by atoms with Gasteiger partial charge in [-0.1, -0.05) is 20.8 Å². The van der Waals surface area contributed by atoms with Crippen molar-refractivity contribution in [3.8, 4) is 0 Å². The van der Waals surface area contributed by atoms with E-state index < -0.39 is 0 Å². The number of anilines is 1. The summed E-state index contributed by atoms with van der Waals surface area (Å²) in [5, 5.41) is 3.26. The molecule has 112 valence electrons. The Kier molecular flexibility index (Phi) is 5.66. The first-order valence-electron chi connectivity index (χ1n) is 7.50. The van der Waals surface area contributed by atoms with Crippen LogP contribution in [-0.2, 0) is 6.54 Å². The molecule has 1 N–H and O–H groups in total. The Labute approximate surface area is 126 Å². The van der Waals surface area contributed by atoms with Crippen LogP contribution in [0, 0.1) is 0 Å². The highest BCUT2D eigenvalue weighted by atomic mass is 32.2. The molecule has 0 saturated carbocycles. The lowest BCUT2D eigenvalue weighted by atomic mass is 10.1. The van der Waals surface area contributed by atoms with Crippen molar-refractivity contribution < 1.29 is 0 Å². The minimum atomic E-state index is 0.411. The molecule has 2 rings (SSSR count). The van der Waals surface area contributed by atoms with Gasteiger partial charge in [0.05, 0.1) is 18.1 Å². The summed E-state index contributed by atoms with van der Waals surface area (Å²) in [5.41, 5.74) is 1.07. The molecule has 0 atom stereocenters. The Morgan fingerprint density at radius 3 is 2.85 bits per heavy atom. The fourth-order valence-corrected chi connectivity index (χ4v) is 3.37. The van der Waals surface area contributed by atoms with E-state index in [0.29, 0.717) is 4.75 Å². The van der Waals surface area contributed by atoms with Crippen LogP contribution in [0.25, 0.3) is 0 Å². The van der Waals surface area contributed by atoms with Gasteiger partial charge in [0.1, 0.15) is 5.82 Å². The van der Waals surface area contributed by atoms with Gasteiger partial charge in [0.2, 0.25) is 0 Å². The molecule has 1 fully saturated rings. The normalized spacial score (nSPS) is 19.6. The van der Waals surface area contributed by atoms with Gasteiger partial charge in [-0.3, -0.25) is 9.88 Å². The van der Waals surface area contributed by atoms with Crippen molar-refractivity contribution in [2.45, 2.75) is 44.9 Å². The number of hydrogen-bond donors (Lipinski definition) is 1. The van der Waals surface area contributed by atoms with Crippen molar-refractivity contribution in [2.24, 2.45) is 0 Å². The minimum Gasteiger partial charge on any atom is -0.369 e. The molecule has 1 aromatic heterocycles. The molecule has 0 radical (unpaired) electrons. The first-order valence-corrected chi connectivity index (χ1v) is 8.49. The number of hydrogen-bond acceptors (Lipinski definition) is 5. The van der Waals surface area contributed by atoms with E-state index in [9.17, 15) is 0 Å². The number of thioether (sulfide) groups is 1. The maximum atomic E-state index is 4.52.